The van der Waals surface area contributed by atoms with Gasteiger partial charge in [-0.15, -0.1) is 0 Å². The largest absolute Gasteiger partial charge is 0.480 e. The van der Waals surface area contributed by atoms with Crippen LogP contribution in [-0.4, -0.2) is 29.1 Å². The van der Waals surface area contributed by atoms with E-state index in [-0.39, 0.29) is 10.7 Å². The first kappa shape index (κ1) is 18.9. The Hall–Kier alpha value is -1.16. The zero-order valence-electron chi connectivity index (χ0n) is 14.7. The van der Waals surface area contributed by atoms with Crippen LogP contribution in [0, 0.1) is 13.8 Å². The Morgan fingerprint density at radius 2 is 2.00 bits per heavy atom. The average molecular weight is 324 g/mol. The summed E-state index contributed by atoms with van der Waals surface area (Å²) >= 11 is 1.85. The number of hydrogen-bond donors (Lipinski definition) is 1. The summed E-state index contributed by atoms with van der Waals surface area (Å²) in [5.41, 5.74) is 2.27. The Balaban J connectivity index is 2.53. The third-order valence-electron chi connectivity index (χ3n) is 3.42. The summed E-state index contributed by atoms with van der Waals surface area (Å²) in [6.45, 7) is 13.3. The molecule has 0 fully saturated rings. The fourth-order valence-electron chi connectivity index (χ4n) is 1.97. The predicted octanol–water partition coefficient (Wildman–Crippen LogP) is 4.11. The van der Waals surface area contributed by atoms with Crippen molar-refractivity contribution < 1.29 is 9.53 Å². The van der Waals surface area contributed by atoms with Crippen molar-refractivity contribution in [1.82, 2.24) is 5.32 Å². The second kappa shape index (κ2) is 8.47. The Kier molecular flexibility index (Phi) is 7.27. The number of aryl methyl sites for hydroxylation is 1. The minimum absolute atomic E-state index is 0.0297. The Morgan fingerprint density at radius 1 is 1.32 bits per heavy atom. The summed E-state index contributed by atoms with van der Waals surface area (Å²) in [5.74, 6) is 1.68. The van der Waals surface area contributed by atoms with E-state index in [1.165, 1.54) is 5.56 Å². The maximum atomic E-state index is 12.3. The molecule has 0 aromatic heterocycles. The van der Waals surface area contributed by atoms with Gasteiger partial charge in [0.2, 0.25) is 0 Å². The number of carbonyl (C=O) groups is 1. The summed E-state index contributed by atoms with van der Waals surface area (Å²) in [7, 11) is 0. The van der Waals surface area contributed by atoms with Crippen LogP contribution in [0.2, 0.25) is 0 Å². The van der Waals surface area contributed by atoms with E-state index in [1.54, 1.807) is 0 Å². The topological polar surface area (TPSA) is 38.3 Å². The lowest BCUT2D eigenvalue weighted by molar-refractivity contribution is -0.128. The monoisotopic (exact) mass is 323 g/mol. The molecule has 0 bridgehead atoms. The van der Waals surface area contributed by atoms with Gasteiger partial charge in [0.25, 0.3) is 5.91 Å². The van der Waals surface area contributed by atoms with Crippen LogP contribution in [0.5, 0.6) is 5.75 Å². The van der Waals surface area contributed by atoms with E-state index in [9.17, 15) is 4.79 Å². The van der Waals surface area contributed by atoms with Crippen molar-refractivity contribution in [2.24, 2.45) is 0 Å². The van der Waals surface area contributed by atoms with E-state index >= 15 is 0 Å². The molecular weight excluding hydrogens is 294 g/mol. The summed E-state index contributed by atoms with van der Waals surface area (Å²) in [4.78, 5) is 12.3. The SMILES string of the molecule is CCC(Oc1cccc(C)c1C)C(=O)NCCSC(C)(C)C. The van der Waals surface area contributed by atoms with Crippen LogP contribution in [-0.2, 0) is 4.79 Å². The number of amides is 1. The number of nitrogens with one attached hydrogen (secondary N) is 1. The van der Waals surface area contributed by atoms with Gasteiger partial charge in [0.1, 0.15) is 5.75 Å². The lowest BCUT2D eigenvalue weighted by Gasteiger charge is -2.20. The maximum absolute atomic E-state index is 12.3. The van der Waals surface area contributed by atoms with Crippen LogP contribution in [0.25, 0.3) is 0 Å². The molecule has 22 heavy (non-hydrogen) atoms. The third-order valence-corrected chi connectivity index (χ3v) is 4.70. The van der Waals surface area contributed by atoms with Crippen LogP contribution in [0.4, 0.5) is 0 Å². The van der Waals surface area contributed by atoms with Gasteiger partial charge in [-0.05, 0) is 37.5 Å². The van der Waals surface area contributed by atoms with Crippen LogP contribution in [0.3, 0.4) is 0 Å². The molecule has 1 aromatic carbocycles. The first-order chi connectivity index (χ1) is 10.2. The quantitative estimate of drug-likeness (QED) is 0.768. The molecule has 1 atom stereocenters. The number of carbonyl (C=O) groups excluding carboxylic acids is 1. The number of hydrogen-bond acceptors (Lipinski definition) is 3. The fourth-order valence-corrected chi connectivity index (χ4v) is 2.79. The average Bonchev–Trinajstić information content (AvgIpc) is 2.44. The molecule has 0 aliphatic heterocycles. The van der Waals surface area contributed by atoms with Crippen molar-refractivity contribution in [3.8, 4) is 5.75 Å². The highest BCUT2D eigenvalue weighted by Gasteiger charge is 2.19. The van der Waals surface area contributed by atoms with Gasteiger partial charge in [-0.2, -0.15) is 11.8 Å². The molecule has 4 heteroatoms. The van der Waals surface area contributed by atoms with Gasteiger partial charge >= 0.3 is 0 Å². The van der Waals surface area contributed by atoms with Crippen molar-refractivity contribution in [2.45, 2.75) is 58.8 Å². The number of benzene rings is 1. The van der Waals surface area contributed by atoms with Gasteiger partial charge in [-0.3, -0.25) is 4.79 Å². The molecular formula is C18H29NO2S. The van der Waals surface area contributed by atoms with Crippen LogP contribution in [0.1, 0.15) is 45.2 Å². The summed E-state index contributed by atoms with van der Waals surface area (Å²) in [6, 6.07) is 5.93. The number of rotatable bonds is 7. The highest BCUT2D eigenvalue weighted by atomic mass is 32.2. The standard InChI is InChI=1S/C18H29NO2S/c1-7-15(17(20)19-11-12-22-18(4,5)6)21-16-10-8-9-13(2)14(16)3/h8-10,15H,7,11-12H2,1-6H3,(H,19,20). The van der Waals surface area contributed by atoms with Gasteiger partial charge in [-0.1, -0.05) is 39.8 Å². The van der Waals surface area contributed by atoms with Crippen molar-refractivity contribution in [2.75, 3.05) is 12.3 Å². The second-order valence-electron chi connectivity index (χ2n) is 6.46. The number of thioether (sulfide) groups is 1. The molecule has 1 amide bonds. The van der Waals surface area contributed by atoms with Gasteiger partial charge in [-0.25, -0.2) is 0 Å². The van der Waals surface area contributed by atoms with Gasteiger partial charge in [0.05, 0.1) is 0 Å². The summed E-state index contributed by atoms with van der Waals surface area (Å²) in [6.07, 6.45) is 0.228. The molecule has 3 nitrogen and oxygen atoms in total. The maximum Gasteiger partial charge on any atom is 0.261 e. The first-order valence-corrected chi connectivity index (χ1v) is 8.87. The Morgan fingerprint density at radius 3 is 2.59 bits per heavy atom. The zero-order chi connectivity index (χ0) is 16.8. The Labute approximate surface area is 139 Å². The molecule has 0 heterocycles. The second-order valence-corrected chi connectivity index (χ2v) is 8.39. The molecule has 1 aromatic rings. The van der Waals surface area contributed by atoms with E-state index in [4.69, 9.17) is 4.74 Å². The van der Waals surface area contributed by atoms with Gasteiger partial charge in [0, 0.05) is 17.0 Å². The zero-order valence-corrected chi connectivity index (χ0v) is 15.5. The minimum atomic E-state index is -0.430. The van der Waals surface area contributed by atoms with E-state index < -0.39 is 6.10 Å². The summed E-state index contributed by atoms with van der Waals surface area (Å²) < 4.78 is 6.14. The van der Waals surface area contributed by atoms with Gasteiger partial charge < -0.3 is 10.1 Å². The minimum Gasteiger partial charge on any atom is -0.480 e. The Bertz CT molecular complexity index is 494. The molecule has 0 radical (unpaired) electrons. The normalized spacial score (nSPS) is 12.8. The summed E-state index contributed by atoms with van der Waals surface area (Å²) in [5, 5.41) is 2.98. The molecule has 0 spiro atoms. The highest BCUT2D eigenvalue weighted by molar-refractivity contribution is 8.00. The lowest BCUT2D eigenvalue weighted by atomic mass is 10.1. The smallest absolute Gasteiger partial charge is 0.261 e. The van der Waals surface area contributed by atoms with Gasteiger partial charge in [0.15, 0.2) is 6.10 Å². The molecule has 124 valence electrons. The van der Waals surface area contributed by atoms with E-state index in [1.807, 2.05) is 50.7 Å². The fraction of sp³-hybridized carbons (Fsp3) is 0.611. The molecule has 0 aliphatic rings. The van der Waals surface area contributed by atoms with Crippen molar-refractivity contribution >= 4 is 17.7 Å². The highest BCUT2D eigenvalue weighted by Crippen LogP contribution is 2.23. The molecule has 1 unspecified atom stereocenters. The molecule has 0 aliphatic carbocycles. The third kappa shape index (κ3) is 6.30. The molecule has 0 saturated heterocycles. The predicted molar refractivity (Wildman–Crippen MR) is 95.8 cm³/mol. The van der Waals surface area contributed by atoms with E-state index in [0.717, 1.165) is 17.1 Å². The van der Waals surface area contributed by atoms with E-state index in [2.05, 4.69) is 26.1 Å². The molecule has 1 N–H and O–H groups in total. The van der Waals surface area contributed by atoms with Crippen LogP contribution in [0.15, 0.2) is 18.2 Å². The van der Waals surface area contributed by atoms with Crippen molar-refractivity contribution in [3.05, 3.63) is 29.3 Å². The number of ether oxygens (including phenoxy) is 1. The van der Waals surface area contributed by atoms with Crippen LogP contribution < -0.4 is 10.1 Å². The first-order valence-electron chi connectivity index (χ1n) is 7.89. The molecule has 0 saturated carbocycles. The van der Waals surface area contributed by atoms with E-state index in [0.29, 0.717) is 13.0 Å². The van der Waals surface area contributed by atoms with Crippen LogP contribution >= 0.6 is 11.8 Å². The van der Waals surface area contributed by atoms with Crippen molar-refractivity contribution in [3.63, 3.8) is 0 Å². The lowest BCUT2D eigenvalue weighted by Crippen LogP contribution is -2.39. The molecule has 1 rings (SSSR count). The van der Waals surface area contributed by atoms with Crippen molar-refractivity contribution in [1.29, 1.82) is 0 Å².